The minimum absolute atomic E-state index is 0.0229. The molecule has 0 N–H and O–H groups in total. The molecule has 2 rings (SSSR count). The Morgan fingerprint density at radius 1 is 1.00 bits per heavy atom. The van der Waals surface area contributed by atoms with Crippen molar-refractivity contribution in [2.45, 2.75) is 33.1 Å². The standard InChI is InChI=1S/C20H28N4O/c1-4-13-24(14-5-2)20(25)19-7-6-18(16-22-19)23(3)15-10-17-8-11-21-12-9-17/h6-9,11-12,16H,4-5,10,13-15H2,1-3H3. The first-order valence-corrected chi connectivity index (χ1v) is 9.01. The van der Waals surface area contributed by atoms with Crippen molar-refractivity contribution in [3.8, 4) is 0 Å². The van der Waals surface area contributed by atoms with Crippen LogP contribution < -0.4 is 4.90 Å². The van der Waals surface area contributed by atoms with Gasteiger partial charge in [0.25, 0.3) is 5.91 Å². The van der Waals surface area contributed by atoms with E-state index < -0.39 is 0 Å². The normalized spacial score (nSPS) is 10.5. The van der Waals surface area contributed by atoms with Crippen LogP contribution in [0, 0.1) is 0 Å². The van der Waals surface area contributed by atoms with E-state index in [1.54, 1.807) is 6.20 Å². The van der Waals surface area contributed by atoms with Gasteiger partial charge in [-0.2, -0.15) is 0 Å². The largest absolute Gasteiger partial charge is 0.373 e. The highest BCUT2D eigenvalue weighted by Gasteiger charge is 2.15. The summed E-state index contributed by atoms with van der Waals surface area (Å²) in [6.45, 7) is 6.62. The fourth-order valence-electron chi connectivity index (χ4n) is 2.73. The summed E-state index contributed by atoms with van der Waals surface area (Å²) in [6.07, 6.45) is 8.28. The lowest BCUT2D eigenvalue weighted by Crippen LogP contribution is -2.33. The molecule has 5 heteroatoms. The maximum Gasteiger partial charge on any atom is 0.272 e. The number of nitrogens with zero attached hydrogens (tertiary/aromatic N) is 4. The Morgan fingerprint density at radius 3 is 2.24 bits per heavy atom. The highest BCUT2D eigenvalue weighted by Crippen LogP contribution is 2.14. The van der Waals surface area contributed by atoms with E-state index in [1.807, 2.05) is 48.6 Å². The molecule has 0 saturated heterocycles. The van der Waals surface area contributed by atoms with Crippen LogP contribution in [0.2, 0.25) is 0 Å². The molecular formula is C20H28N4O. The molecule has 5 nitrogen and oxygen atoms in total. The number of amides is 1. The van der Waals surface area contributed by atoms with Crippen molar-refractivity contribution in [3.05, 3.63) is 54.1 Å². The van der Waals surface area contributed by atoms with E-state index in [2.05, 4.69) is 28.7 Å². The van der Waals surface area contributed by atoms with Gasteiger partial charge in [-0.3, -0.25) is 9.78 Å². The zero-order chi connectivity index (χ0) is 18.1. The van der Waals surface area contributed by atoms with E-state index in [0.717, 1.165) is 44.6 Å². The average Bonchev–Trinajstić information content (AvgIpc) is 2.66. The average molecular weight is 340 g/mol. The van der Waals surface area contributed by atoms with Crippen molar-refractivity contribution in [3.63, 3.8) is 0 Å². The first kappa shape index (κ1) is 18.9. The predicted molar refractivity (Wildman–Crippen MR) is 102 cm³/mol. The topological polar surface area (TPSA) is 49.3 Å². The van der Waals surface area contributed by atoms with Gasteiger partial charge >= 0.3 is 0 Å². The van der Waals surface area contributed by atoms with Gasteiger partial charge in [-0.25, -0.2) is 4.98 Å². The Kier molecular flexibility index (Phi) is 7.38. The lowest BCUT2D eigenvalue weighted by Gasteiger charge is -2.22. The summed E-state index contributed by atoms with van der Waals surface area (Å²) in [4.78, 5) is 25.0. The number of carbonyl (C=O) groups excluding carboxylic acids is 1. The molecule has 2 aromatic rings. The molecular weight excluding hydrogens is 312 g/mol. The number of pyridine rings is 2. The predicted octanol–water partition coefficient (Wildman–Crippen LogP) is 3.42. The van der Waals surface area contributed by atoms with Gasteiger partial charge in [-0.05, 0) is 49.1 Å². The Labute approximate surface area is 150 Å². The molecule has 0 saturated carbocycles. The second-order valence-corrected chi connectivity index (χ2v) is 6.22. The molecule has 0 fully saturated rings. The Balaban J connectivity index is 1.97. The minimum Gasteiger partial charge on any atom is -0.373 e. The summed E-state index contributed by atoms with van der Waals surface area (Å²) in [7, 11) is 2.04. The van der Waals surface area contributed by atoms with Crippen molar-refractivity contribution in [2.24, 2.45) is 0 Å². The van der Waals surface area contributed by atoms with E-state index in [-0.39, 0.29) is 5.91 Å². The quantitative estimate of drug-likeness (QED) is 0.702. The van der Waals surface area contributed by atoms with E-state index in [9.17, 15) is 4.79 Å². The van der Waals surface area contributed by atoms with Gasteiger partial charge in [0.2, 0.25) is 0 Å². The van der Waals surface area contributed by atoms with E-state index in [1.165, 1.54) is 5.56 Å². The number of rotatable bonds is 9. The second-order valence-electron chi connectivity index (χ2n) is 6.22. The van der Waals surface area contributed by atoms with Crippen LogP contribution in [0.25, 0.3) is 0 Å². The van der Waals surface area contributed by atoms with Gasteiger partial charge in [-0.15, -0.1) is 0 Å². The number of likely N-dealkylation sites (N-methyl/N-ethyl adjacent to an activating group) is 1. The van der Waals surface area contributed by atoms with Crippen molar-refractivity contribution < 1.29 is 4.79 Å². The fourth-order valence-corrected chi connectivity index (χ4v) is 2.73. The van der Waals surface area contributed by atoms with Gasteiger partial charge in [0.15, 0.2) is 0 Å². The van der Waals surface area contributed by atoms with Crippen LogP contribution in [0.5, 0.6) is 0 Å². The molecule has 0 radical (unpaired) electrons. The molecule has 25 heavy (non-hydrogen) atoms. The summed E-state index contributed by atoms with van der Waals surface area (Å²) < 4.78 is 0. The monoisotopic (exact) mass is 340 g/mol. The third-order valence-corrected chi connectivity index (χ3v) is 4.17. The summed E-state index contributed by atoms with van der Waals surface area (Å²) in [5.74, 6) is 0.0229. The van der Waals surface area contributed by atoms with Crippen LogP contribution in [0.15, 0.2) is 42.9 Å². The maximum absolute atomic E-state index is 12.6. The zero-order valence-electron chi connectivity index (χ0n) is 15.5. The molecule has 0 atom stereocenters. The molecule has 2 aromatic heterocycles. The van der Waals surface area contributed by atoms with Gasteiger partial charge < -0.3 is 9.80 Å². The lowest BCUT2D eigenvalue weighted by atomic mass is 10.2. The van der Waals surface area contributed by atoms with Crippen molar-refractivity contribution in [2.75, 3.05) is 31.6 Å². The van der Waals surface area contributed by atoms with Crippen molar-refractivity contribution in [1.29, 1.82) is 0 Å². The van der Waals surface area contributed by atoms with Gasteiger partial charge in [-0.1, -0.05) is 13.8 Å². The Bertz CT molecular complexity index is 637. The third-order valence-electron chi connectivity index (χ3n) is 4.17. The van der Waals surface area contributed by atoms with Crippen molar-refractivity contribution >= 4 is 11.6 Å². The van der Waals surface area contributed by atoms with Crippen molar-refractivity contribution in [1.82, 2.24) is 14.9 Å². The van der Waals surface area contributed by atoms with E-state index >= 15 is 0 Å². The summed E-state index contributed by atoms with van der Waals surface area (Å²) in [6, 6.07) is 7.87. The van der Waals surface area contributed by atoms with Crippen LogP contribution in [-0.2, 0) is 6.42 Å². The maximum atomic E-state index is 12.6. The third kappa shape index (κ3) is 5.55. The van der Waals surface area contributed by atoms with Crippen LogP contribution >= 0.6 is 0 Å². The highest BCUT2D eigenvalue weighted by molar-refractivity contribution is 5.92. The molecule has 0 bridgehead atoms. The molecule has 134 valence electrons. The first-order chi connectivity index (χ1) is 12.2. The second kappa shape index (κ2) is 9.77. The minimum atomic E-state index is 0.0229. The van der Waals surface area contributed by atoms with E-state index in [4.69, 9.17) is 0 Å². The smallest absolute Gasteiger partial charge is 0.272 e. The van der Waals surface area contributed by atoms with Crippen LogP contribution in [0.3, 0.4) is 0 Å². The Hall–Kier alpha value is -2.43. The van der Waals surface area contributed by atoms with Gasteiger partial charge in [0.1, 0.15) is 5.69 Å². The first-order valence-electron chi connectivity index (χ1n) is 9.01. The SMILES string of the molecule is CCCN(CCC)C(=O)c1ccc(N(C)CCc2ccncc2)cn1. The Morgan fingerprint density at radius 2 is 1.68 bits per heavy atom. The van der Waals surface area contributed by atoms with Crippen LogP contribution in [0.4, 0.5) is 5.69 Å². The molecule has 0 aliphatic heterocycles. The number of aromatic nitrogens is 2. The molecule has 1 amide bonds. The molecule has 0 spiro atoms. The van der Waals surface area contributed by atoms with Gasteiger partial charge in [0, 0.05) is 39.1 Å². The number of hydrogen-bond acceptors (Lipinski definition) is 4. The van der Waals surface area contributed by atoms with Crippen LogP contribution in [-0.4, -0.2) is 47.5 Å². The highest BCUT2D eigenvalue weighted by atomic mass is 16.2. The molecule has 0 aliphatic carbocycles. The molecule has 0 aliphatic rings. The van der Waals surface area contributed by atoms with E-state index in [0.29, 0.717) is 5.69 Å². The molecule has 0 aromatic carbocycles. The fraction of sp³-hybridized carbons (Fsp3) is 0.450. The number of anilines is 1. The summed E-state index contributed by atoms with van der Waals surface area (Å²) in [5.41, 5.74) is 2.80. The number of hydrogen-bond donors (Lipinski definition) is 0. The number of carbonyl (C=O) groups is 1. The van der Waals surface area contributed by atoms with Crippen LogP contribution in [0.1, 0.15) is 42.7 Å². The molecule has 0 unspecified atom stereocenters. The molecule has 2 heterocycles. The summed E-state index contributed by atoms with van der Waals surface area (Å²) >= 11 is 0. The zero-order valence-corrected chi connectivity index (χ0v) is 15.5. The summed E-state index contributed by atoms with van der Waals surface area (Å²) in [5, 5.41) is 0. The van der Waals surface area contributed by atoms with Gasteiger partial charge in [0.05, 0.1) is 11.9 Å². The lowest BCUT2D eigenvalue weighted by molar-refractivity contribution is 0.0749.